The van der Waals surface area contributed by atoms with Crippen molar-refractivity contribution in [2.24, 2.45) is 0 Å². The second kappa shape index (κ2) is 11.4. The number of benzene rings is 8. The molecule has 1 aromatic heterocycles. The molecular weight excluding hydrogens is 595 g/mol. The summed E-state index contributed by atoms with van der Waals surface area (Å²) in [5, 5.41) is 17.2. The molecule has 0 saturated heterocycles. The molecule has 0 unspecified atom stereocenters. The van der Waals surface area contributed by atoms with Crippen LogP contribution in [0.2, 0.25) is 0 Å². The summed E-state index contributed by atoms with van der Waals surface area (Å²) in [6.07, 6.45) is 0. The van der Waals surface area contributed by atoms with Gasteiger partial charge in [-0.2, -0.15) is 5.26 Å². The van der Waals surface area contributed by atoms with Gasteiger partial charge < -0.3 is 4.57 Å². The summed E-state index contributed by atoms with van der Waals surface area (Å²) in [6, 6.07) is 59.0. The summed E-state index contributed by atoms with van der Waals surface area (Å²) in [7, 11) is 0. The third-order valence-electron chi connectivity index (χ3n) is 9.65. The van der Waals surface area contributed by atoms with Crippen molar-refractivity contribution in [2.75, 3.05) is 0 Å². The Labute approximate surface area is 284 Å². The minimum absolute atomic E-state index is 0.579. The van der Waals surface area contributed by atoms with Crippen LogP contribution in [0.15, 0.2) is 164 Å². The van der Waals surface area contributed by atoms with Gasteiger partial charge in [-0.05, 0) is 85.3 Å². The Hall–Kier alpha value is -6.94. The highest BCUT2D eigenvalue weighted by molar-refractivity contribution is 6.22. The van der Waals surface area contributed by atoms with Crippen molar-refractivity contribution < 1.29 is 0 Å². The number of para-hydroxylation sites is 2. The molecule has 8 aromatic carbocycles. The van der Waals surface area contributed by atoms with Crippen LogP contribution in [-0.2, 0) is 0 Å². The van der Waals surface area contributed by atoms with E-state index in [0.29, 0.717) is 11.3 Å². The summed E-state index contributed by atoms with van der Waals surface area (Å²) in [5.74, 6) is 0. The first-order chi connectivity index (χ1) is 24.2. The second-order valence-electron chi connectivity index (χ2n) is 12.3. The Kier molecular flexibility index (Phi) is 6.58. The molecule has 9 rings (SSSR count). The molecule has 1 heterocycles. The van der Waals surface area contributed by atoms with Crippen molar-refractivity contribution in [3.8, 4) is 45.1 Å². The standard InChI is InChI=1S/C46H27N3/c1-48-33-25-26-34(31-23-24-32(29-47)44(27-31)49-42-21-11-9-15-35(42)36-16-10-12-22-43(36)49)41(28-33)46-39-19-7-5-17-37(39)45(30-13-3-2-4-14-30)38-18-6-8-20-40(38)46/h2-28H. The molecule has 0 atom stereocenters. The van der Waals surface area contributed by atoms with Gasteiger partial charge in [0.15, 0.2) is 5.69 Å². The first-order valence-corrected chi connectivity index (χ1v) is 16.3. The molecule has 3 nitrogen and oxygen atoms in total. The lowest BCUT2D eigenvalue weighted by Gasteiger charge is -2.20. The monoisotopic (exact) mass is 621 g/mol. The number of nitrogens with zero attached hydrogens (tertiary/aromatic N) is 3. The summed E-state index contributed by atoms with van der Waals surface area (Å²) >= 11 is 0. The van der Waals surface area contributed by atoms with E-state index in [2.05, 4.69) is 143 Å². The first kappa shape index (κ1) is 28.3. The summed E-state index contributed by atoms with van der Waals surface area (Å²) < 4.78 is 2.21. The largest absolute Gasteiger partial charge is 0.308 e. The van der Waals surface area contributed by atoms with Gasteiger partial charge in [0.2, 0.25) is 0 Å². The number of aromatic nitrogens is 1. The van der Waals surface area contributed by atoms with Crippen LogP contribution in [0, 0.1) is 17.9 Å². The SMILES string of the molecule is [C-]#[N+]c1ccc(-c2ccc(C#N)c(-n3c4ccccc4c4ccccc43)c2)c(-c2c3ccccc3c(-c3ccccc3)c3ccccc23)c1. The molecule has 0 N–H and O–H groups in total. The van der Waals surface area contributed by atoms with Crippen LogP contribution in [-0.4, -0.2) is 4.57 Å². The van der Waals surface area contributed by atoms with Crippen molar-refractivity contribution in [3.63, 3.8) is 0 Å². The lowest BCUT2D eigenvalue weighted by molar-refractivity contribution is 1.17. The molecule has 226 valence electrons. The van der Waals surface area contributed by atoms with Gasteiger partial charge in [-0.15, -0.1) is 0 Å². The van der Waals surface area contributed by atoms with Crippen LogP contribution in [0.3, 0.4) is 0 Å². The van der Waals surface area contributed by atoms with E-state index in [1.54, 1.807) is 0 Å². The molecule has 0 radical (unpaired) electrons. The first-order valence-electron chi connectivity index (χ1n) is 16.3. The molecule has 3 heteroatoms. The molecule has 0 aliphatic rings. The fraction of sp³-hybridized carbons (Fsp3) is 0. The molecule has 0 aliphatic carbocycles. The zero-order valence-electron chi connectivity index (χ0n) is 26.4. The lowest BCUT2D eigenvalue weighted by Crippen LogP contribution is -1.99. The Morgan fingerprint density at radius 1 is 0.469 bits per heavy atom. The lowest BCUT2D eigenvalue weighted by atomic mass is 9.83. The van der Waals surface area contributed by atoms with Gasteiger partial charge in [-0.1, -0.05) is 133 Å². The third-order valence-corrected chi connectivity index (χ3v) is 9.65. The minimum atomic E-state index is 0.579. The van der Waals surface area contributed by atoms with Crippen LogP contribution in [0.25, 0.3) is 87.3 Å². The Morgan fingerprint density at radius 3 is 1.57 bits per heavy atom. The van der Waals surface area contributed by atoms with E-state index in [1.807, 2.05) is 36.4 Å². The van der Waals surface area contributed by atoms with Crippen molar-refractivity contribution >= 4 is 49.0 Å². The van der Waals surface area contributed by atoms with Crippen LogP contribution in [0.5, 0.6) is 0 Å². The zero-order chi connectivity index (χ0) is 32.9. The molecule has 0 aliphatic heterocycles. The minimum Gasteiger partial charge on any atom is -0.308 e. The van der Waals surface area contributed by atoms with Gasteiger partial charge in [0, 0.05) is 10.8 Å². The maximum absolute atomic E-state index is 10.4. The van der Waals surface area contributed by atoms with Crippen LogP contribution in [0.1, 0.15) is 5.56 Å². The zero-order valence-corrected chi connectivity index (χ0v) is 26.4. The normalized spacial score (nSPS) is 11.2. The quantitative estimate of drug-likeness (QED) is 0.142. The Morgan fingerprint density at radius 2 is 1.00 bits per heavy atom. The van der Waals surface area contributed by atoms with E-state index in [4.69, 9.17) is 6.57 Å². The number of nitriles is 1. The van der Waals surface area contributed by atoms with E-state index < -0.39 is 0 Å². The van der Waals surface area contributed by atoms with Gasteiger partial charge in [-0.3, -0.25) is 0 Å². The number of hydrogen-bond donors (Lipinski definition) is 0. The third kappa shape index (κ3) is 4.42. The van der Waals surface area contributed by atoms with E-state index in [9.17, 15) is 5.26 Å². The van der Waals surface area contributed by atoms with Crippen LogP contribution in [0.4, 0.5) is 5.69 Å². The van der Waals surface area contributed by atoms with E-state index in [-0.39, 0.29) is 0 Å². The van der Waals surface area contributed by atoms with E-state index in [1.165, 1.54) is 11.1 Å². The summed E-state index contributed by atoms with van der Waals surface area (Å²) in [6.45, 7) is 7.97. The van der Waals surface area contributed by atoms with Crippen molar-refractivity contribution in [2.45, 2.75) is 0 Å². The molecule has 0 fully saturated rings. The number of hydrogen-bond acceptors (Lipinski definition) is 1. The fourth-order valence-electron chi connectivity index (χ4n) is 7.56. The molecule has 49 heavy (non-hydrogen) atoms. The van der Waals surface area contributed by atoms with Gasteiger partial charge in [-0.25, -0.2) is 4.85 Å². The highest BCUT2D eigenvalue weighted by Crippen LogP contribution is 2.47. The molecule has 0 spiro atoms. The predicted octanol–water partition coefficient (Wildman–Crippen LogP) is 12.5. The van der Waals surface area contributed by atoms with Crippen molar-refractivity contribution in [1.29, 1.82) is 5.26 Å². The topological polar surface area (TPSA) is 33.1 Å². The van der Waals surface area contributed by atoms with Crippen LogP contribution >= 0.6 is 0 Å². The Bertz CT molecular complexity index is 2740. The molecule has 0 bridgehead atoms. The maximum atomic E-state index is 10.4. The number of fused-ring (bicyclic) bond motifs is 5. The van der Waals surface area contributed by atoms with Crippen molar-refractivity contribution in [1.82, 2.24) is 4.57 Å². The highest BCUT2D eigenvalue weighted by Gasteiger charge is 2.21. The molecule has 0 saturated carbocycles. The Balaban J connectivity index is 1.37. The van der Waals surface area contributed by atoms with Crippen molar-refractivity contribution in [3.05, 3.63) is 181 Å². The maximum Gasteiger partial charge on any atom is 0.187 e. The van der Waals surface area contributed by atoms with Crippen LogP contribution < -0.4 is 0 Å². The van der Waals surface area contributed by atoms with Gasteiger partial charge in [0.05, 0.1) is 28.9 Å². The average Bonchev–Trinajstić information content (AvgIpc) is 3.51. The molecule has 9 aromatic rings. The smallest absolute Gasteiger partial charge is 0.187 e. The van der Waals surface area contributed by atoms with Gasteiger partial charge >= 0.3 is 0 Å². The molecule has 0 amide bonds. The summed E-state index contributed by atoms with van der Waals surface area (Å²) in [4.78, 5) is 3.87. The molecular formula is C46H27N3. The predicted molar refractivity (Wildman–Crippen MR) is 203 cm³/mol. The van der Waals surface area contributed by atoms with E-state index >= 15 is 0 Å². The number of rotatable bonds is 4. The second-order valence-corrected chi connectivity index (χ2v) is 12.3. The van der Waals surface area contributed by atoms with Gasteiger partial charge in [0.1, 0.15) is 6.07 Å². The highest BCUT2D eigenvalue weighted by atomic mass is 15.0. The fourth-order valence-corrected chi connectivity index (χ4v) is 7.56. The van der Waals surface area contributed by atoms with E-state index in [0.717, 1.165) is 71.3 Å². The van der Waals surface area contributed by atoms with Gasteiger partial charge in [0.25, 0.3) is 0 Å². The summed E-state index contributed by atoms with van der Waals surface area (Å²) in [5.41, 5.74) is 10.5. The average molecular weight is 622 g/mol.